The van der Waals surface area contributed by atoms with Gasteiger partial charge in [0, 0.05) is 23.4 Å². The number of nitrogens with one attached hydrogen (secondary N) is 1. The Labute approximate surface area is 120 Å². The second kappa shape index (κ2) is 5.68. The van der Waals surface area contributed by atoms with Crippen LogP contribution < -0.4 is 10.5 Å². The van der Waals surface area contributed by atoms with Crippen molar-refractivity contribution in [1.82, 2.24) is 4.98 Å². The third kappa shape index (κ3) is 3.31. The van der Waals surface area contributed by atoms with E-state index in [1.165, 1.54) is 18.5 Å². The first-order valence-corrected chi connectivity index (χ1v) is 7.72. The number of hydrogen-bond donors (Lipinski definition) is 2. The van der Waals surface area contributed by atoms with Gasteiger partial charge in [0.05, 0.1) is 5.69 Å². The van der Waals surface area contributed by atoms with E-state index in [2.05, 4.69) is 25.6 Å². The van der Waals surface area contributed by atoms with Crippen molar-refractivity contribution in [2.75, 3.05) is 4.72 Å². The third-order valence-electron chi connectivity index (χ3n) is 2.45. The first-order chi connectivity index (χ1) is 9.03. The van der Waals surface area contributed by atoms with Crippen molar-refractivity contribution in [3.8, 4) is 0 Å². The van der Waals surface area contributed by atoms with E-state index in [4.69, 9.17) is 5.73 Å². The normalized spacial score (nSPS) is 11.3. The molecule has 0 unspecified atom stereocenters. The summed E-state index contributed by atoms with van der Waals surface area (Å²) < 4.78 is 27.4. The number of halogens is 1. The van der Waals surface area contributed by atoms with Gasteiger partial charge >= 0.3 is 0 Å². The van der Waals surface area contributed by atoms with Crippen LogP contribution in [0.1, 0.15) is 5.56 Å². The Morgan fingerprint density at radius 2 is 1.89 bits per heavy atom. The van der Waals surface area contributed by atoms with E-state index in [0.29, 0.717) is 16.7 Å². The van der Waals surface area contributed by atoms with E-state index in [0.717, 1.165) is 5.56 Å². The van der Waals surface area contributed by atoms with E-state index in [9.17, 15) is 8.42 Å². The maximum atomic E-state index is 12.2. The number of sulfonamides is 1. The summed E-state index contributed by atoms with van der Waals surface area (Å²) in [6.45, 7) is 0.358. The Morgan fingerprint density at radius 3 is 2.47 bits per heavy atom. The Kier molecular flexibility index (Phi) is 4.18. The molecule has 0 saturated heterocycles. The van der Waals surface area contributed by atoms with E-state index in [1.54, 1.807) is 24.3 Å². The standard InChI is InChI=1S/C12H12BrN3O2S/c13-11-7-9(8-14)1-2-12(11)19(17,18)16-10-3-5-15-6-4-10/h1-7H,8,14H2,(H,15,16). The summed E-state index contributed by atoms with van der Waals surface area (Å²) in [5, 5.41) is 0. The van der Waals surface area contributed by atoms with Crippen LogP contribution in [0.5, 0.6) is 0 Å². The van der Waals surface area contributed by atoms with E-state index in [-0.39, 0.29) is 4.90 Å². The van der Waals surface area contributed by atoms with Gasteiger partial charge in [-0.2, -0.15) is 0 Å². The van der Waals surface area contributed by atoms with Crippen molar-refractivity contribution in [2.24, 2.45) is 5.73 Å². The predicted molar refractivity (Wildman–Crippen MR) is 77.1 cm³/mol. The summed E-state index contributed by atoms with van der Waals surface area (Å²) in [4.78, 5) is 4.00. The summed E-state index contributed by atoms with van der Waals surface area (Å²) in [5.74, 6) is 0. The van der Waals surface area contributed by atoms with Crippen LogP contribution in [0.2, 0.25) is 0 Å². The van der Waals surface area contributed by atoms with Crippen LogP contribution in [0.4, 0.5) is 5.69 Å². The Hall–Kier alpha value is -1.44. The third-order valence-corrected chi connectivity index (χ3v) is 4.81. The van der Waals surface area contributed by atoms with Crippen LogP contribution in [0, 0.1) is 0 Å². The SMILES string of the molecule is NCc1ccc(S(=O)(=O)Nc2ccncc2)c(Br)c1. The number of anilines is 1. The van der Waals surface area contributed by atoms with Crippen LogP contribution in [0.15, 0.2) is 52.1 Å². The zero-order chi connectivity index (χ0) is 13.9. The fourth-order valence-corrected chi connectivity index (χ4v) is 3.70. The van der Waals surface area contributed by atoms with Crippen molar-refractivity contribution in [3.05, 3.63) is 52.8 Å². The molecule has 100 valence electrons. The fourth-order valence-electron chi connectivity index (χ4n) is 1.52. The zero-order valence-corrected chi connectivity index (χ0v) is 12.3. The van der Waals surface area contributed by atoms with Crippen molar-refractivity contribution in [3.63, 3.8) is 0 Å². The average Bonchev–Trinajstić information content (AvgIpc) is 2.38. The number of pyridine rings is 1. The Bertz CT molecular complexity index is 675. The minimum atomic E-state index is -3.63. The van der Waals surface area contributed by atoms with Crippen LogP contribution in [-0.2, 0) is 16.6 Å². The molecule has 0 amide bonds. The summed E-state index contributed by atoms with van der Waals surface area (Å²) >= 11 is 3.25. The molecule has 5 nitrogen and oxygen atoms in total. The Balaban J connectivity index is 2.35. The topological polar surface area (TPSA) is 85.1 Å². The highest BCUT2D eigenvalue weighted by atomic mass is 79.9. The van der Waals surface area contributed by atoms with Crippen molar-refractivity contribution >= 4 is 31.6 Å². The van der Waals surface area contributed by atoms with Gasteiger partial charge in [0.15, 0.2) is 0 Å². The first kappa shape index (κ1) is 14.0. The van der Waals surface area contributed by atoms with Crippen molar-refractivity contribution in [2.45, 2.75) is 11.4 Å². The predicted octanol–water partition coefficient (Wildman–Crippen LogP) is 2.10. The van der Waals surface area contributed by atoms with E-state index in [1.807, 2.05) is 0 Å². The van der Waals surface area contributed by atoms with Crippen LogP contribution in [0.25, 0.3) is 0 Å². The molecule has 0 spiro atoms. The number of nitrogens with zero attached hydrogens (tertiary/aromatic N) is 1. The molecular weight excluding hydrogens is 330 g/mol. The molecule has 0 bridgehead atoms. The van der Waals surface area contributed by atoms with Gasteiger partial charge in [-0.3, -0.25) is 9.71 Å². The molecule has 0 aliphatic heterocycles. The molecular formula is C12H12BrN3O2S. The number of nitrogens with two attached hydrogens (primary N) is 1. The van der Waals surface area contributed by atoms with Crippen molar-refractivity contribution < 1.29 is 8.42 Å². The number of benzene rings is 1. The molecule has 7 heteroatoms. The molecule has 0 radical (unpaired) electrons. The quantitative estimate of drug-likeness (QED) is 0.891. The maximum Gasteiger partial charge on any atom is 0.263 e. The highest BCUT2D eigenvalue weighted by molar-refractivity contribution is 9.10. The van der Waals surface area contributed by atoms with Crippen LogP contribution >= 0.6 is 15.9 Å². The number of hydrogen-bond acceptors (Lipinski definition) is 4. The van der Waals surface area contributed by atoms with Gasteiger partial charge in [0.1, 0.15) is 4.90 Å². The van der Waals surface area contributed by atoms with Gasteiger partial charge in [-0.15, -0.1) is 0 Å². The zero-order valence-electron chi connectivity index (χ0n) is 9.88. The van der Waals surface area contributed by atoms with Gasteiger partial charge in [0.2, 0.25) is 0 Å². The molecule has 1 heterocycles. The number of rotatable bonds is 4. The van der Waals surface area contributed by atoms with Gasteiger partial charge in [-0.25, -0.2) is 8.42 Å². The number of aromatic nitrogens is 1. The summed E-state index contributed by atoms with van der Waals surface area (Å²) in [7, 11) is -3.63. The van der Waals surface area contributed by atoms with Gasteiger partial charge in [-0.1, -0.05) is 6.07 Å². The minimum Gasteiger partial charge on any atom is -0.326 e. The molecule has 2 aromatic rings. The van der Waals surface area contributed by atoms with E-state index >= 15 is 0 Å². The van der Waals surface area contributed by atoms with Crippen LogP contribution in [-0.4, -0.2) is 13.4 Å². The van der Waals surface area contributed by atoms with E-state index < -0.39 is 10.0 Å². The van der Waals surface area contributed by atoms with Gasteiger partial charge in [0.25, 0.3) is 10.0 Å². The highest BCUT2D eigenvalue weighted by Gasteiger charge is 2.17. The Morgan fingerprint density at radius 1 is 1.21 bits per heavy atom. The van der Waals surface area contributed by atoms with Crippen molar-refractivity contribution in [1.29, 1.82) is 0 Å². The molecule has 3 N–H and O–H groups in total. The lowest BCUT2D eigenvalue weighted by Gasteiger charge is -2.10. The second-order valence-electron chi connectivity index (χ2n) is 3.81. The summed E-state index contributed by atoms with van der Waals surface area (Å²) in [5.41, 5.74) is 6.83. The minimum absolute atomic E-state index is 0.168. The van der Waals surface area contributed by atoms with Gasteiger partial charge < -0.3 is 5.73 Å². The average molecular weight is 342 g/mol. The molecule has 19 heavy (non-hydrogen) atoms. The fraction of sp³-hybridized carbons (Fsp3) is 0.0833. The molecule has 2 rings (SSSR count). The summed E-state index contributed by atoms with van der Waals surface area (Å²) in [6, 6.07) is 8.07. The molecule has 0 fully saturated rings. The molecule has 0 aliphatic carbocycles. The van der Waals surface area contributed by atoms with Crippen LogP contribution in [0.3, 0.4) is 0 Å². The maximum absolute atomic E-state index is 12.2. The second-order valence-corrected chi connectivity index (χ2v) is 6.32. The lowest BCUT2D eigenvalue weighted by molar-refractivity contribution is 0.600. The lowest BCUT2D eigenvalue weighted by atomic mass is 10.2. The molecule has 0 aliphatic rings. The largest absolute Gasteiger partial charge is 0.326 e. The smallest absolute Gasteiger partial charge is 0.263 e. The molecule has 0 atom stereocenters. The highest BCUT2D eigenvalue weighted by Crippen LogP contribution is 2.25. The molecule has 0 saturated carbocycles. The van der Waals surface area contributed by atoms with Gasteiger partial charge in [-0.05, 0) is 45.8 Å². The summed E-state index contributed by atoms with van der Waals surface area (Å²) in [6.07, 6.45) is 3.04. The molecule has 1 aromatic heterocycles. The lowest BCUT2D eigenvalue weighted by Crippen LogP contribution is -2.14. The first-order valence-electron chi connectivity index (χ1n) is 5.44. The molecule has 1 aromatic carbocycles. The monoisotopic (exact) mass is 341 g/mol.